The molecule has 0 aromatic heterocycles. The zero-order valence-electron chi connectivity index (χ0n) is 26.1. The van der Waals surface area contributed by atoms with Crippen molar-refractivity contribution in [3.05, 3.63) is 170 Å². The number of phosphoric acid groups is 2. The molecule has 0 saturated heterocycles. The molecule has 0 spiro atoms. The Kier molecular flexibility index (Phi) is 17.1. The van der Waals surface area contributed by atoms with E-state index in [1.54, 1.807) is 97.1 Å². The molecule has 0 aliphatic heterocycles. The topological polar surface area (TPSA) is 117 Å². The Bertz CT molecular complexity index is 1490. The van der Waals surface area contributed by atoms with Crippen molar-refractivity contribution in [2.45, 2.75) is 25.7 Å². The molecule has 4 aromatic rings. The SMILES string of the molecule is C=CCc1ccccc1OP(=O)([O-])Oc1ccccc1CC=C.C=CCc1ccccc1OP(=O)([O-])Oc1ccccc1CC=C.[Ca+2]. The van der Waals surface area contributed by atoms with Gasteiger partial charge in [-0.3, -0.25) is 0 Å². The summed E-state index contributed by atoms with van der Waals surface area (Å²) in [6.45, 7) is 14.6. The van der Waals surface area contributed by atoms with Crippen LogP contribution in [0.1, 0.15) is 22.3 Å². The average Bonchev–Trinajstić information content (AvgIpc) is 3.01. The van der Waals surface area contributed by atoms with Gasteiger partial charge >= 0.3 is 53.4 Å². The summed E-state index contributed by atoms with van der Waals surface area (Å²) in [6, 6.07) is 27.5. The van der Waals surface area contributed by atoms with Gasteiger partial charge in [0.25, 0.3) is 0 Å². The maximum absolute atomic E-state index is 12.2. The fraction of sp³-hybridized carbons (Fsp3) is 0.111. The molecule has 0 heterocycles. The van der Waals surface area contributed by atoms with Gasteiger partial charge < -0.3 is 27.9 Å². The van der Waals surface area contributed by atoms with Gasteiger partial charge in [0.2, 0.25) is 0 Å². The molecule has 0 amide bonds. The average molecular weight is 699 g/mol. The fourth-order valence-electron chi connectivity index (χ4n) is 4.19. The molecule has 0 saturated carbocycles. The minimum Gasteiger partial charge on any atom is -0.736 e. The molecule has 0 aliphatic carbocycles. The van der Waals surface area contributed by atoms with E-state index in [-0.39, 0.29) is 60.7 Å². The minimum atomic E-state index is -4.56. The van der Waals surface area contributed by atoms with Gasteiger partial charge in [0.15, 0.2) is 0 Å². The smallest absolute Gasteiger partial charge is 0.736 e. The number of hydrogen-bond donors (Lipinski definition) is 0. The summed E-state index contributed by atoms with van der Waals surface area (Å²) in [5, 5.41) is 0. The molecule has 0 bridgehead atoms. The number of benzene rings is 4. The number of rotatable bonds is 16. The van der Waals surface area contributed by atoms with Crippen molar-refractivity contribution in [3.63, 3.8) is 0 Å². The van der Waals surface area contributed by atoms with Gasteiger partial charge in [-0.05, 0) is 72.2 Å². The monoisotopic (exact) mass is 698 g/mol. The number of allylic oxidation sites excluding steroid dienone is 4. The molecular weight excluding hydrogens is 662 g/mol. The van der Waals surface area contributed by atoms with Crippen molar-refractivity contribution >= 4 is 53.4 Å². The minimum absolute atomic E-state index is 0. The zero-order valence-corrected chi connectivity index (χ0v) is 30.1. The van der Waals surface area contributed by atoms with Gasteiger partial charge in [0.05, 0.1) is 0 Å². The normalized spacial score (nSPS) is 10.6. The second kappa shape index (κ2) is 20.1. The van der Waals surface area contributed by atoms with Crippen LogP contribution in [0.2, 0.25) is 0 Å². The van der Waals surface area contributed by atoms with E-state index >= 15 is 0 Å². The van der Waals surface area contributed by atoms with Crippen LogP contribution in [0.3, 0.4) is 0 Å². The number of hydrogen-bond acceptors (Lipinski definition) is 8. The third-order valence-electron chi connectivity index (χ3n) is 6.19. The summed E-state index contributed by atoms with van der Waals surface area (Å²) < 4.78 is 44.9. The van der Waals surface area contributed by atoms with Crippen molar-refractivity contribution in [2.75, 3.05) is 0 Å². The Morgan fingerprint density at radius 3 is 0.830 bits per heavy atom. The van der Waals surface area contributed by atoms with E-state index < -0.39 is 15.6 Å². The predicted octanol–water partition coefficient (Wildman–Crippen LogP) is 7.76. The van der Waals surface area contributed by atoms with E-state index in [0.717, 1.165) is 22.3 Å². The van der Waals surface area contributed by atoms with Crippen LogP contribution in [0, 0.1) is 0 Å². The van der Waals surface area contributed by atoms with Crippen molar-refractivity contribution in [1.82, 2.24) is 0 Å². The maximum atomic E-state index is 12.2. The molecular formula is C36H36CaO8P2. The Balaban J connectivity index is 0.000000320. The van der Waals surface area contributed by atoms with E-state index in [4.69, 9.17) is 18.1 Å². The fourth-order valence-corrected chi connectivity index (χ4v) is 5.94. The summed E-state index contributed by atoms with van der Waals surface area (Å²) in [6.07, 6.45) is 8.73. The van der Waals surface area contributed by atoms with Crippen molar-refractivity contribution in [1.29, 1.82) is 0 Å². The third kappa shape index (κ3) is 13.4. The molecule has 0 unspecified atom stereocenters. The van der Waals surface area contributed by atoms with E-state index in [0.29, 0.717) is 25.7 Å². The van der Waals surface area contributed by atoms with Crippen molar-refractivity contribution < 1.29 is 37.0 Å². The van der Waals surface area contributed by atoms with Gasteiger partial charge in [-0.2, -0.15) is 0 Å². The molecule has 0 atom stereocenters. The van der Waals surface area contributed by atoms with Gasteiger partial charge in [-0.1, -0.05) is 97.1 Å². The standard InChI is InChI=1S/2C18H19O4P.Ca/c2*1-3-9-15-11-5-7-13-17(15)21-23(19,20)22-18-14-8-6-12-16(18)10-4-2;/h2*3-8,11-14H,1-2,9-10H2,(H,19,20);/q;;+2/p-2. The molecule has 0 aliphatic rings. The first kappa shape index (κ1) is 39.9. The summed E-state index contributed by atoms with van der Waals surface area (Å²) in [5.41, 5.74) is 2.89. The maximum Gasteiger partial charge on any atom is 2.00 e. The number of phosphoric ester groups is 2. The van der Waals surface area contributed by atoms with Gasteiger partial charge in [-0.25, -0.2) is 9.13 Å². The Hall–Kier alpha value is -3.32. The van der Waals surface area contributed by atoms with Crippen LogP contribution in [-0.4, -0.2) is 37.7 Å². The first-order chi connectivity index (χ1) is 22.1. The Morgan fingerprint density at radius 1 is 0.447 bits per heavy atom. The molecule has 8 nitrogen and oxygen atoms in total. The first-order valence-corrected chi connectivity index (χ1v) is 17.2. The molecule has 240 valence electrons. The molecule has 0 N–H and O–H groups in total. The van der Waals surface area contributed by atoms with Crippen LogP contribution in [0.15, 0.2) is 148 Å². The van der Waals surface area contributed by atoms with Crippen molar-refractivity contribution in [2.24, 2.45) is 0 Å². The van der Waals surface area contributed by atoms with Gasteiger partial charge in [-0.15, -0.1) is 26.3 Å². The Labute approximate surface area is 306 Å². The number of para-hydroxylation sites is 4. The largest absolute Gasteiger partial charge is 2.00 e. The second-order valence-corrected chi connectivity index (χ2v) is 12.2. The van der Waals surface area contributed by atoms with Crippen LogP contribution < -0.4 is 27.9 Å². The van der Waals surface area contributed by atoms with Crippen LogP contribution in [0.5, 0.6) is 23.0 Å². The van der Waals surface area contributed by atoms with E-state index in [9.17, 15) is 18.9 Å². The van der Waals surface area contributed by atoms with Crippen molar-refractivity contribution in [3.8, 4) is 23.0 Å². The zero-order chi connectivity index (χ0) is 33.4. The van der Waals surface area contributed by atoms with Crippen LogP contribution in [-0.2, 0) is 34.8 Å². The third-order valence-corrected chi connectivity index (χ3v) is 7.87. The van der Waals surface area contributed by atoms with E-state index in [1.165, 1.54) is 0 Å². The Morgan fingerprint density at radius 2 is 0.638 bits per heavy atom. The molecule has 11 heteroatoms. The first-order valence-electron chi connectivity index (χ1n) is 14.3. The van der Waals surface area contributed by atoms with Crippen LogP contribution in [0.4, 0.5) is 0 Å². The molecule has 0 fully saturated rings. The van der Waals surface area contributed by atoms with Crippen LogP contribution >= 0.6 is 15.6 Å². The molecule has 47 heavy (non-hydrogen) atoms. The quantitative estimate of drug-likeness (QED) is 0.0662. The summed E-state index contributed by atoms with van der Waals surface area (Å²) >= 11 is 0. The van der Waals surface area contributed by atoms with Gasteiger partial charge in [0, 0.05) is 0 Å². The second-order valence-electron chi connectivity index (χ2n) is 9.66. The molecule has 4 rings (SSSR count). The van der Waals surface area contributed by atoms with E-state index in [1.807, 2.05) is 24.3 Å². The predicted molar refractivity (Wildman–Crippen MR) is 185 cm³/mol. The summed E-state index contributed by atoms with van der Waals surface area (Å²) in [5.74, 6) is 0.970. The van der Waals surface area contributed by atoms with Gasteiger partial charge in [0.1, 0.15) is 23.0 Å². The van der Waals surface area contributed by atoms with Crippen LogP contribution in [0.25, 0.3) is 0 Å². The summed E-state index contributed by atoms with van der Waals surface area (Å²) in [4.78, 5) is 24.4. The molecule has 0 radical (unpaired) electrons. The molecule has 4 aromatic carbocycles. The summed E-state index contributed by atoms with van der Waals surface area (Å²) in [7, 11) is -9.11. The van der Waals surface area contributed by atoms with E-state index in [2.05, 4.69) is 26.3 Å².